The molecule has 3 atom stereocenters. The van der Waals surface area contributed by atoms with E-state index in [0.29, 0.717) is 36.0 Å². The molecular weight excluding hydrogens is 523 g/mol. The van der Waals surface area contributed by atoms with E-state index in [4.69, 9.17) is 14.2 Å². The molecule has 1 N–H and O–H groups in total. The van der Waals surface area contributed by atoms with Gasteiger partial charge in [0.1, 0.15) is 18.2 Å². The molecule has 2 aromatic carbocycles. The van der Waals surface area contributed by atoms with Crippen molar-refractivity contribution in [2.75, 3.05) is 14.2 Å². The van der Waals surface area contributed by atoms with Crippen molar-refractivity contribution >= 4 is 5.97 Å². The van der Waals surface area contributed by atoms with Crippen molar-refractivity contribution in [1.29, 1.82) is 0 Å². The van der Waals surface area contributed by atoms with Gasteiger partial charge in [0.2, 0.25) is 5.88 Å². The van der Waals surface area contributed by atoms with Crippen molar-refractivity contribution in [1.82, 2.24) is 4.98 Å². The third kappa shape index (κ3) is 4.70. The molecule has 0 bridgehead atoms. The van der Waals surface area contributed by atoms with Crippen LogP contribution < -0.4 is 9.47 Å². The molecule has 2 aliphatic rings. The van der Waals surface area contributed by atoms with Crippen LogP contribution >= 0.6 is 0 Å². The van der Waals surface area contributed by atoms with Crippen LogP contribution in [0.3, 0.4) is 0 Å². The van der Waals surface area contributed by atoms with Crippen LogP contribution in [-0.2, 0) is 28.0 Å². The Balaban J connectivity index is 1.51. The average molecular weight is 556 g/mol. The molecule has 0 unspecified atom stereocenters. The van der Waals surface area contributed by atoms with Crippen molar-refractivity contribution < 1.29 is 37.3 Å². The van der Waals surface area contributed by atoms with Crippen molar-refractivity contribution in [2.24, 2.45) is 11.3 Å². The molecular formula is C31H32F3NO5. The SMILES string of the molecule is COc1cc(-c2ccc(COc3cc(F)c4c(c3F)[C@]3(CC4)C[C@H]3C(=O)O)cc2[C@@H](OC)C(C)(C)C)c(F)cn1. The van der Waals surface area contributed by atoms with Crippen molar-refractivity contribution in [3.63, 3.8) is 0 Å². The van der Waals surface area contributed by atoms with E-state index in [1.165, 1.54) is 13.2 Å². The Morgan fingerprint density at radius 3 is 2.50 bits per heavy atom. The van der Waals surface area contributed by atoms with Crippen LogP contribution in [0.25, 0.3) is 11.1 Å². The first kappa shape index (κ1) is 28.0. The summed E-state index contributed by atoms with van der Waals surface area (Å²) in [7, 11) is 3.03. The molecule has 6 nitrogen and oxygen atoms in total. The zero-order valence-electron chi connectivity index (χ0n) is 23.1. The van der Waals surface area contributed by atoms with Gasteiger partial charge in [0.25, 0.3) is 0 Å². The second-order valence-electron chi connectivity index (χ2n) is 11.7. The predicted octanol–water partition coefficient (Wildman–Crippen LogP) is 6.78. The van der Waals surface area contributed by atoms with Crippen molar-refractivity contribution in [3.8, 4) is 22.8 Å². The highest BCUT2D eigenvalue weighted by Gasteiger charge is 2.63. The Morgan fingerprint density at radius 2 is 1.88 bits per heavy atom. The number of nitrogens with zero attached hydrogens (tertiary/aromatic N) is 1. The number of carboxylic acid groups (broad SMARTS) is 1. The van der Waals surface area contributed by atoms with Crippen LogP contribution in [0.2, 0.25) is 0 Å². The number of halogens is 3. The number of rotatable bonds is 8. The molecule has 1 heterocycles. The first-order valence-corrected chi connectivity index (χ1v) is 13.1. The van der Waals surface area contributed by atoms with Gasteiger partial charge in [-0.1, -0.05) is 32.9 Å². The smallest absolute Gasteiger partial charge is 0.307 e. The summed E-state index contributed by atoms with van der Waals surface area (Å²) in [6, 6.07) is 7.82. The lowest BCUT2D eigenvalue weighted by molar-refractivity contribution is -0.139. The Labute approximate surface area is 231 Å². The summed E-state index contributed by atoms with van der Waals surface area (Å²) in [6.45, 7) is 5.90. The third-order valence-corrected chi connectivity index (χ3v) is 8.12. The first-order chi connectivity index (χ1) is 18.9. The quantitative estimate of drug-likeness (QED) is 0.330. The highest BCUT2D eigenvalue weighted by Crippen LogP contribution is 2.63. The molecule has 0 aliphatic heterocycles. The molecule has 0 amide bonds. The topological polar surface area (TPSA) is 77.9 Å². The van der Waals surface area contributed by atoms with Gasteiger partial charge in [0, 0.05) is 35.8 Å². The molecule has 3 aromatic rings. The molecule has 2 aliphatic carbocycles. The minimum atomic E-state index is -0.999. The summed E-state index contributed by atoms with van der Waals surface area (Å²) in [4.78, 5) is 15.5. The summed E-state index contributed by atoms with van der Waals surface area (Å²) in [5, 5.41) is 9.49. The number of aromatic nitrogens is 1. The standard InChI is InChI=1S/C31H32F3NO5/c1-30(2,3)28(39-5)20-10-16(6-7-17(20)19-11-25(38-4)35-14-23(19)33)15-40-24-12-22(32)18-8-9-31(26(18)27(24)34)13-21(31)29(36)37/h6-7,10-12,14,21,28H,8-9,13,15H2,1-5H3,(H,36,37)/t21-,28+,31+/m0/s1. The van der Waals surface area contributed by atoms with Gasteiger partial charge in [0.15, 0.2) is 11.6 Å². The van der Waals surface area contributed by atoms with E-state index in [0.717, 1.165) is 12.3 Å². The minimum absolute atomic E-state index is 0.0967. The van der Waals surface area contributed by atoms with E-state index in [1.54, 1.807) is 19.2 Å². The molecule has 212 valence electrons. The molecule has 1 aromatic heterocycles. The molecule has 1 fully saturated rings. The van der Waals surface area contributed by atoms with Crippen LogP contribution in [-0.4, -0.2) is 30.3 Å². The van der Waals surface area contributed by atoms with Gasteiger partial charge in [-0.2, -0.15) is 0 Å². The van der Waals surface area contributed by atoms with E-state index in [1.807, 2.05) is 26.8 Å². The summed E-state index contributed by atoms with van der Waals surface area (Å²) in [5.74, 6) is -3.55. The van der Waals surface area contributed by atoms with Gasteiger partial charge in [-0.25, -0.2) is 18.2 Å². The number of benzene rings is 2. The number of carbonyl (C=O) groups is 1. The fourth-order valence-corrected chi connectivity index (χ4v) is 6.17. The number of aliphatic carboxylic acids is 1. The summed E-state index contributed by atoms with van der Waals surface area (Å²) >= 11 is 0. The molecule has 40 heavy (non-hydrogen) atoms. The summed E-state index contributed by atoms with van der Waals surface area (Å²) in [5.41, 5.74) is 1.33. The van der Waals surface area contributed by atoms with E-state index in [9.17, 15) is 18.7 Å². The maximum Gasteiger partial charge on any atom is 0.307 e. The first-order valence-electron chi connectivity index (χ1n) is 13.1. The zero-order chi connectivity index (χ0) is 29.0. The van der Waals surface area contributed by atoms with Crippen LogP contribution in [0.15, 0.2) is 36.5 Å². The second-order valence-corrected chi connectivity index (χ2v) is 11.7. The molecule has 0 radical (unpaired) electrons. The van der Waals surface area contributed by atoms with E-state index in [-0.39, 0.29) is 40.3 Å². The molecule has 9 heteroatoms. The fraction of sp³-hybridized carbons (Fsp3) is 0.419. The third-order valence-electron chi connectivity index (χ3n) is 8.12. The number of ether oxygens (including phenoxy) is 3. The van der Waals surface area contributed by atoms with Crippen LogP contribution in [0.1, 0.15) is 62.0 Å². The van der Waals surface area contributed by atoms with E-state index in [2.05, 4.69) is 4.98 Å². The average Bonchev–Trinajstić information content (AvgIpc) is 3.50. The number of fused-ring (bicyclic) bond motifs is 2. The second kappa shape index (κ2) is 10.1. The summed E-state index contributed by atoms with van der Waals surface area (Å²) < 4.78 is 62.5. The number of methoxy groups -OCH3 is 2. The normalized spacial score (nSPS) is 20.4. The predicted molar refractivity (Wildman–Crippen MR) is 142 cm³/mol. The number of hydrogen-bond acceptors (Lipinski definition) is 5. The molecule has 5 rings (SSSR count). The van der Waals surface area contributed by atoms with Gasteiger partial charge in [-0.3, -0.25) is 4.79 Å². The van der Waals surface area contributed by atoms with Crippen LogP contribution in [0.4, 0.5) is 13.2 Å². The highest BCUT2D eigenvalue weighted by atomic mass is 19.1. The fourth-order valence-electron chi connectivity index (χ4n) is 6.17. The molecule has 1 saturated carbocycles. The van der Waals surface area contributed by atoms with Gasteiger partial charge >= 0.3 is 5.97 Å². The number of carboxylic acids is 1. The zero-order valence-corrected chi connectivity index (χ0v) is 23.1. The Bertz CT molecular complexity index is 1480. The van der Waals surface area contributed by atoms with Gasteiger partial charge < -0.3 is 19.3 Å². The lowest BCUT2D eigenvalue weighted by atomic mass is 9.81. The maximum atomic E-state index is 15.7. The monoisotopic (exact) mass is 555 g/mol. The van der Waals surface area contributed by atoms with Crippen molar-refractivity contribution in [2.45, 2.75) is 58.2 Å². The Morgan fingerprint density at radius 1 is 1.12 bits per heavy atom. The number of hydrogen-bond donors (Lipinski definition) is 1. The lowest BCUT2D eigenvalue weighted by Gasteiger charge is -2.32. The molecule has 1 spiro atoms. The Kier molecular flexibility index (Phi) is 7.06. The van der Waals surface area contributed by atoms with E-state index < -0.39 is 40.9 Å². The lowest BCUT2D eigenvalue weighted by Crippen LogP contribution is -2.21. The van der Waals surface area contributed by atoms with Crippen LogP contribution in [0, 0.1) is 28.8 Å². The largest absolute Gasteiger partial charge is 0.486 e. The maximum absolute atomic E-state index is 15.7. The van der Waals surface area contributed by atoms with Gasteiger partial charge in [-0.15, -0.1) is 0 Å². The van der Waals surface area contributed by atoms with Gasteiger partial charge in [0.05, 0.1) is 25.3 Å². The highest BCUT2D eigenvalue weighted by molar-refractivity contribution is 5.78. The summed E-state index contributed by atoms with van der Waals surface area (Å²) in [6.07, 6.45) is 1.65. The van der Waals surface area contributed by atoms with E-state index >= 15 is 4.39 Å². The number of pyridine rings is 1. The van der Waals surface area contributed by atoms with Crippen LogP contribution in [0.5, 0.6) is 11.6 Å². The molecule has 0 saturated heterocycles. The van der Waals surface area contributed by atoms with Crippen molar-refractivity contribution in [3.05, 3.63) is 76.2 Å². The Hall–Kier alpha value is -3.59. The minimum Gasteiger partial charge on any atom is -0.486 e. The van der Waals surface area contributed by atoms with Gasteiger partial charge in [-0.05, 0) is 53.0 Å².